The van der Waals surface area contributed by atoms with Crippen LogP contribution in [0.5, 0.6) is 11.5 Å². The Labute approximate surface area is 134 Å². The van der Waals surface area contributed by atoms with Crippen LogP contribution in [-0.2, 0) is 0 Å². The number of rotatable bonds is 5. The highest BCUT2D eigenvalue weighted by atomic mass is 79.9. The largest absolute Gasteiger partial charge is 0.497 e. The molecule has 21 heavy (non-hydrogen) atoms. The van der Waals surface area contributed by atoms with Crippen molar-refractivity contribution in [1.29, 1.82) is 0 Å². The molecular weight excluding hydrogens is 330 g/mol. The van der Waals surface area contributed by atoms with Gasteiger partial charge < -0.3 is 14.8 Å². The van der Waals surface area contributed by atoms with Crippen LogP contribution < -0.4 is 14.8 Å². The van der Waals surface area contributed by atoms with Crippen LogP contribution in [0.4, 0.5) is 5.69 Å². The summed E-state index contributed by atoms with van der Waals surface area (Å²) < 4.78 is 11.8. The first-order valence-corrected chi connectivity index (χ1v) is 7.59. The van der Waals surface area contributed by atoms with Crippen LogP contribution in [0.3, 0.4) is 0 Å². The molecule has 1 atom stereocenters. The molecule has 1 N–H and O–H groups in total. The van der Waals surface area contributed by atoms with E-state index >= 15 is 0 Å². The quantitative estimate of drug-likeness (QED) is 0.828. The van der Waals surface area contributed by atoms with E-state index in [-0.39, 0.29) is 6.04 Å². The van der Waals surface area contributed by atoms with E-state index in [1.807, 2.05) is 18.2 Å². The van der Waals surface area contributed by atoms with Gasteiger partial charge in [-0.1, -0.05) is 6.07 Å². The Hall–Kier alpha value is -1.68. The lowest BCUT2D eigenvalue weighted by Crippen LogP contribution is -2.09. The van der Waals surface area contributed by atoms with Crippen LogP contribution in [0.2, 0.25) is 0 Å². The summed E-state index contributed by atoms with van der Waals surface area (Å²) in [4.78, 5) is 0. The summed E-state index contributed by atoms with van der Waals surface area (Å²) in [6, 6.07) is 12.2. The molecule has 0 amide bonds. The molecule has 0 saturated carbocycles. The summed E-state index contributed by atoms with van der Waals surface area (Å²) in [6.45, 7) is 4.19. The maximum atomic E-state index is 5.47. The van der Waals surface area contributed by atoms with E-state index < -0.39 is 0 Å². The lowest BCUT2D eigenvalue weighted by molar-refractivity contribution is 0.390. The fourth-order valence-electron chi connectivity index (χ4n) is 2.24. The van der Waals surface area contributed by atoms with Crippen LogP contribution in [0.25, 0.3) is 0 Å². The minimum atomic E-state index is 0.115. The summed E-state index contributed by atoms with van der Waals surface area (Å²) in [5, 5.41) is 3.51. The van der Waals surface area contributed by atoms with Gasteiger partial charge in [-0.05, 0) is 59.6 Å². The van der Waals surface area contributed by atoms with E-state index in [2.05, 4.69) is 53.3 Å². The van der Waals surface area contributed by atoms with Gasteiger partial charge in [-0.3, -0.25) is 0 Å². The van der Waals surface area contributed by atoms with Gasteiger partial charge in [-0.2, -0.15) is 0 Å². The predicted molar refractivity (Wildman–Crippen MR) is 90.5 cm³/mol. The molecule has 2 aromatic carbocycles. The Bertz CT molecular complexity index is 628. The number of hydrogen-bond donors (Lipinski definition) is 1. The molecule has 0 saturated heterocycles. The molecule has 1 unspecified atom stereocenters. The second-order valence-corrected chi connectivity index (χ2v) is 5.81. The fourth-order valence-corrected chi connectivity index (χ4v) is 2.60. The Morgan fingerprint density at radius 2 is 1.81 bits per heavy atom. The third-order valence-corrected chi connectivity index (χ3v) is 4.09. The van der Waals surface area contributed by atoms with Gasteiger partial charge in [0.2, 0.25) is 0 Å². The minimum absolute atomic E-state index is 0.115. The Kier molecular flexibility index (Phi) is 5.12. The highest BCUT2D eigenvalue weighted by molar-refractivity contribution is 9.10. The third kappa shape index (κ3) is 3.70. The molecule has 0 aromatic heterocycles. The lowest BCUT2D eigenvalue weighted by Gasteiger charge is -2.20. The Morgan fingerprint density at radius 3 is 2.48 bits per heavy atom. The van der Waals surface area contributed by atoms with E-state index in [1.165, 1.54) is 5.56 Å². The van der Waals surface area contributed by atoms with Crippen molar-refractivity contribution < 1.29 is 9.47 Å². The van der Waals surface area contributed by atoms with Gasteiger partial charge in [-0.25, -0.2) is 0 Å². The molecule has 2 rings (SSSR count). The average molecular weight is 350 g/mol. The van der Waals surface area contributed by atoms with Gasteiger partial charge in [0, 0.05) is 21.8 Å². The number of ether oxygens (including phenoxy) is 2. The van der Waals surface area contributed by atoms with Gasteiger partial charge >= 0.3 is 0 Å². The monoisotopic (exact) mass is 349 g/mol. The normalized spacial score (nSPS) is 11.9. The number of hydrogen-bond acceptors (Lipinski definition) is 3. The van der Waals surface area contributed by atoms with Crippen molar-refractivity contribution >= 4 is 21.6 Å². The van der Waals surface area contributed by atoms with Gasteiger partial charge in [0.15, 0.2) is 0 Å². The molecule has 112 valence electrons. The summed E-state index contributed by atoms with van der Waals surface area (Å²) in [6.07, 6.45) is 0. The van der Waals surface area contributed by atoms with Crippen LogP contribution in [0, 0.1) is 6.92 Å². The molecule has 0 aliphatic rings. The number of halogens is 1. The van der Waals surface area contributed by atoms with Crippen molar-refractivity contribution in [2.75, 3.05) is 19.5 Å². The van der Waals surface area contributed by atoms with Crippen molar-refractivity contribution in [3.8, 4) is 11.5 Å². The van der Waals surface area contributed by atoms with Crippen LogP contribution in [0.15, 0.2) is 40.9 Å². The maximum absolute atomic E-state index is 5.47. The number of nitrogens with one attached hydrogen (secondary N) is 1. The highest BCUT2D eigenvalue weighted by Crippen LogP contribution is 2.33. The van der Waals surface area contributed by atoms with Crippen molar-refractivity contribution in [3.63, 3.8) is 0 Å². The van der Waals surface area contributed by atoms with Gasteiger partial charge in [0.1, 0.15) is 11.5 Å². The first-order chi connectivity index (χ1) is 10.0. The topological polar surface area (TPSA) is 30.5 Å². The number of aryl methyl sites for hydroxylation is 1. The maximum Gasteiger partial charge on any atom is 0.127 e. The van der Waals surface area contributed by atoms with Crippen LogP contribution in [0.1, 0.15) is 24.1 Å². The molecule has 4 heteroatoms. The minimum Gasteiger partial charge on any atom is -0.497 e. The lowest BCUT2D eigenvalue weighted by atomic mass is 10.1. The highest BCUT2D eigenvalue weighted by Gasteiger charge is 2.13. The van der Waals surface area contributed by atoms with Crippen molar-refractivity contribution in [3.05, 3.63) is 52.0 Å². The van der Waals surface area contributed by atoms with Crippen LogP contribution >= 0.6 is 15.9 Å². The molecule has 0 aliphatic carbocycles. The van der Waals surface area contributed by atoms with E-state index in [9.17, 15) is 0 Å². The molecule has 0 aliphatic heterocycles. The molecule has 3 nitrogen and oxygen atoms in total. The SMILES string of the molecule is COc1ccc(C(C)Nc2cc(C)ccc2Br)c(OC)c1. The third-order valence-electron chi connectivity index (χ3n) is 3.40. The molecular formula is C17H20BrNO2. The van der Waals surface area contributed by atoms with Gasteiger partial charge in [0.05, 0.1) is 20.3 Å². The summed E-state index contributed by atoms with van der Waals surface area (Å²) in [5.41, 5.74) is 3.38. The second kappa shape index (κ2) is 6.85. The van der Waals surface area contributed by atoms with E-state index in [1.54, 1.807) is 14.2 Å². The smallest absolute Gasteiger partial charge is 0.127 e. The van der Waals surface area contributed by atoms with Crippen molar-refractivity contribution in [2.24, 2.45) is 0 Å². The Balaban J connectivity index is 2.27. The second-order valence-electron chi connectivity index (χ2n) is 4.96. The summed E-state index contributed by atoms with van der Waals surface area (Å²) in [5.74, 6) is 1.61. The zero-order valence-electron chi connectivity index (χ0n) is 12.7. The number of methoxy groups -OCH3 is 2. The molecule has 2 aromatic rings. The van der Waals surface area contributed by atoms with Crippen molar-refractivity contribution in [2.45, 2.75) is 19.9 Å². The molecule has 0 bridgehead atoms. The first-order valence-electron chi connectivity index (χ1n) is 6.79. The zero-order chi connectivity index (χ0) is 15.4. The molecule has 0 radical (unpaired) electrons. The Morgan fingerprint density at radius 1 is 1.05 bits per heavy atom. The van der Waals surface area contributed by atoms with Crippen molar-refractivity contribution in [1.82, 2.24) is 0 Å². The predicted octanol–water partition coefficient (Wildman–Crippen LogP) is 4.95. The summed E-state index contributed by atoms with van der Waals surface area (Å²) in [7, 11) is 3.33. The first kappa shape index (κ1) is 15.7. The average Bonchev–Trinajstić information content (AvgIpc) is 2.50. The molecule has 0 fully saturated rings. The van der Waals surface area contributed by atoms with Crippen LogP contribution in [-0.4, -0.2) is 14.2 Å². The van der Waals surface area contributed by atoms with E-state index in [0.29, 0.717) is 0 Å². The standard InChI is InChI=1S/C17H20BrNO2/c1-11-5-8-15(18)16(9-11)19-12(2)14-7-6-13(20-3)10-17(14)21-4/h5-10,12,19H,1-4H3. The fraction of sp³-hybridized carbons (Fsp3) is 0.294. The number of anilines is 1. The molecule has 0 heterocycles. The molecule has 0 spiro atoms. The summed E-state index contributed by atoms with van der Waals surface area (Å²) >= 11 is 3.58. The van der Waals surface area contributed by atoms with Gasteiger partial charge in [0.25, 0.3) is 0 Å². The number of benzene rings is 2. The van der Waals surface area contributed by atoms with E-state index in [4.69, 9.17) is 9.47 Å². The van der Waals surface area contributed by atoms with E-state index in [0.717, 1.165) is 27.2 Å². The van der Waals surface area contributed by atoms with Gasteiger partial charge in [-0.15, -0.1) is 0 Å². The zero-order valence-corrected chi connectivity index (χ0v) is 14.3.